The topological polar surface area (TPSA) is 47.3 Å². The van der Waals surface area contributed by atoms with Crippen molar-refractivity contribution in [2.24, 2.45) is 0 Å². The van der Waals surface area contributed by atoms with Gasteiger partial charge in [-0.2, -0.15) is 0 Å². The highest BCUT2D eigenvalue weighted by atomic mass is 16.3. The summed E-state index contributed by atoms with van der Waals surface area (Å²) in [5.74, 6) is 0.591. The van der Waals surface area contributed by atoms with Gasteiger partial charge in [0.15, 0.2) is 5.58 Å². The number of nitrogens with zero attached hydrogens (tertiary/aromatic N) is 3. The van der Waals surface area contributed by atoms with Gasteiger partial charge in [-0.1, -0.05) is 115 Å². The Kier molecular flexibility index (Phi) is 6.56. The molecule has 0 radical (unpaired) electrons. The highest BCUT2D eigenvalue weighted by Crippen LogP contribution is 2.45. The fourth-order valence-electron chi connectivity index (χ4n) is 8.67. The van der Waals surface area contributed by atoms with E-state index in [1.807, 2.05) is 18.2 Å². The quantitative estimate of drug-likeness (QED) is 0.178. The first-order valence-corrected chi connectivity index (χ1v) is 18.9. The Morgan fingerprint density at radius 3 is 2.00 bits per heavy atom. The molecule has 0 atom stereocenters. The van der Waals surface area contributed by atoms with Gasteiger partial charge in [-0.05, 0) is 89.0 Å². The molecule has 0 aliphatic carbocycles. The van der Waals surface area contributed by atoms with E-state index in [1.165, 1.54) is 21.7 Å². The summed E-state index contributed by atoms with van der Waals surface area (Å²) in [5, 5.41) is 9.15. The third-order valence-electron chi connectivity index (χ3n) is 11.2. The molecule has 5 nitrogen and oxygen atoms in total. The van der Waals surface area contributed by atoms with Gasteiger partial charge >= 0.3 is 0 Å². The third-order valence-corrected chi connectivity index (χ3v) is 11.2. The van der Waals surface area contributed by atoms with Crippen LogP contribution in [-0.2, 0) is 0 Å². The zero-order chi connectivity index (χ0) is 36.7. The molecule has 56 heavy (non-hydrogen) atoms. The van der Waals surface area contributed by atoms with E-state index in [-0.39, 0.29) is 0 Å². The summed E-state index contributed by atoms with van der Waals surface area (Å²) in [4.78, 5) is 7.39. The summed E-state index contributed by atoms with van der Waals surface area (Å²) in [6, 6.07) is 66.1. The number of aromatic nitrogens is 2. The predicted molar refractivity (Wildman–Crippen MR) is 231 cm³/mol. The molecule has 0 spiro atoms. The van der Waals surface area contributed by atoms with Gasteiger partial charge in [0, 0.05) is 49.6 Å². The number of oxazole rings is 1. The maximum atomic E-state index is 6.85. The van der Waals surface area contributed by atoms with Crippen molar-refractivity contribution in [1.29, 1.82) is 0 Å². The highest BCUT2D eigenvalue weighted by Gasteiger charge is 2.23. The summed E-state index contributed by atoms with van der Waals surface area (Å²) in [6.07, 6.45) is 0. The van der Waals surface area contributed by atoms with E-state index in [4.69, 9.17) is 13.8 Å². The number of rotatable bonds is 5. The van der Waals surface area contributed by atoms with Crippen LogP contribution in [0.25, 0.3) is 93.5 Å². The van der Waals surface area contributed by atoms with Crippen molar-refractivity contribution in [2.45, 2.75) is 0 Å². The van der Waals surface area contributed by atoms with Crippen LogP contribution in [0, 0.1) is 0 Å². The van der Waals surface area contributed by atoms with Crippen molar-refractivity contribution in [3.63, 3.8) is 0 Å². The number of hydrogen-bond acceptors (Lipinski definition) is 4. The SMILES string of the molecule is c1ccc(-n2c3ccc(N(c4ccc5oc6ccccc6c5c4)c4cccc5nc(-c6cccc7ccccc67)oc45)cc3c3ccc4ccccc4c32)cc1. The predicted octanol–water partition coefficient (Wildman–Crippen LogP) is 14.3. The number of anilines is 3. The Morgan fingerprint density at radius 2 is 1.12 bits per heavy atom. The van der Waals surface area contributed by atoms with Crippen LogP contribution in [0.4, 0.5) is 17.1 Å². The first-order valence-electron chi connectivity index (χ1n) is 18.9. The lowest BCUT2D eigenvalue weighted by atomic mass is 10.0. The molecule has 0 bridgehead atoms. The number of para-hydroxylation sites is 3. The standard InChI is InChI=1S/C51H31N3O2/c1-2-15-34(16-3-1)54-45-28-25-35(30-42(45)40-27-24-33-13-5-7-18-38(33)49(40)54)53(36-26-29-48-43(31-36)39-19-8-9-23-47(39)55-48)46-22-11-21-44-50(46)56-51(52-44)41-20-10-14-32-12-4-6-17-37(32)41/h1-31H. The van der Waals surface area contributed by atoms with Crippen LogP contribution in [0.1, 0.15) is 0 Å². The van der Waals surface area contributed by atoms with E-state index < -0.39 is 0 Å². The Hall–Kier alpha value is -7.63. The van der Waals surface area contributed by atoms with Crippen LogP contribution in [-0.4, -0.2) is 9.55 Å². The second kappa shape index (κ2) is 11.9. The normalized spacial score (nSPS) is 11.9. The van der Waals surface area contributed by atoms with Gasteiger partial charge in [-0.3, -0.25) is 0 Å². The summed E-state index contributed by atoms with van der Waals surface area (Å²) in [5.41, 5.74) is 10.5. The summed E-state index contributed by atoms with van der Waals surface area (Å²) in [6.45, 7) is 0. The minimum absolute atomic E-state index is 0.591. The van der Waals surface area contributed by atoms with Gasteiger partial charge in [0.1, 0.15) is 16.7 Å². The molecule has 12 rings (SSSR count). The van der Waals surface area contributed by atoms with Crippen LogP contribution in [0.5, 0.6) is 0 Å². The van der Waals surface area contributed by atoms with E-state index in [1.54, 1.807) is 0 Å². The summed E-state index contributed by atoms with van der Waals surface area (Å²) < 4.78 is 15.5. The van der Waals surface area contributed by atoms with Crippen molar-refractivity contribution >= 4 is 93.5 Å². The minimum Gasteiger partial charge on any atom is -0.456 e. The molecule has 0 saturated carbocycles. The first-order chi connectivity index (χ1) is 27.8. The van der Waals surface area contributed by atoms with E-state index >= 15 is 0 Å². The zero-order valence-corrected chi connectivity index (χ0v) is 30.1. The van der Waals surface area contributed by atoms with Crippen molar-refractivity contribution < 1.29 is 8.83 Å². The average Bonchev–Trinajstić information content (AvgIpc) is 3.96. The molecule has 5 heteroatoms. The number of hydrogen-bond donors (Lipinski definition) is 0. The maximum Gasteiger partial charge on any atom is 0.228 e. The molecule has 0 fully saturated rings. The van der Waals surface area contributed by atoms with E-state index in [2.05, 4.69) is 179 Å². The van der Waals surface area contributed by atoms with Gasteiger partial charge in [0.2, 0.25) is 5.89 Å². The smallest absolute Gasteiger partial charge is 0.228 e. The van der Waals surface area contributed by atoms with Gasteiger partial charge in [0.25, 0.3) is 0 Å². The van der Waals surface area contributed by atoms with Crippen LogP contribution in [0.2, 0.25) is 0 Å². The summed E-state index contributed by atoms with van der Waals surface area (Å²) >= 11 is 0. The number of furan rings is 1. The second-order valence-corrected chi connectivity index (χ2v) is 14.3. The molecule has 0 N–H and O–H groups in total. The zero-order valence-electron chi connectivity index (χ0n) is 30.1. The second-order valence-electron chi connectivity index (χ2n) is 14.3. The molecule has 12 aromatic rings. The van der Waals surface area contributed by atoms with Gasteiger partial charge < -0.3 is 18.3 Å². The Morgan fingerprint density at radius 1 is 0.446 bits per heavy atom. The molecule has 0 aliphatic rings. The van der Waals surface area contributed by atoms with Crippen molar-refractivity contribution in [3.8, 4) is 17.1 Å². The van der Waals surface area contributed by atoms with Gasteiger partial charge in [0.05, 0.1) is 16.7 Å². The molecule has 0 amide bonds. The average molecular weight is 718 g/mol. The Labute approximate surface area is 320 Å². The lowest BCUT2D eigenvalue weighted by Crippen LogP contribution is -2.10. The molecule has 3 heterocycles. The fraction of sp³-hybridized carbons (Fsp3) is 0. The Balaban J connectivity index is 1.14. The first kappa shape index (κ1) is 30.8. The monoisotopic (exact) mass is 717 g/mol. The molecule has 0 saturated heterocycles. The molecule has 0 unspecified atom stereocenters. The van der Waals surface area contributed by atoms with Crippen molar-refractivity contribution in [3.05, 3.63) is 188 Å². The molecule has 3 aromatic heterocycles. The molecule has 9 aromatic carbocycles. The number of benzene rings is 9. The maximum absolute atomic E-state index is 6.85. The van der Waals surface area contributed by atoms with Crippen LogP contribution >= 0.6 is 0 Å². The molecular formula is C51H31N3O2. The summed E-state index contributed by atoms with van der Waals surface area (Å²) in [7, 11) is 0. The minimum atomic E-state index is 0.591. The molecule has 262 valence electrons. The van der Waals surface area contributed by atoms with Crippen molar-refractivity contribution in [2.75, 3.05) is 4.90 Å². The Bertz CT molecular complexity index is 3500. The highest BCUT2D eigenvalue weighted by molar-refractivity contribution is 6.19. The number of fused-ring (bicyclic) bond motifs is 10. The molecular weight excluding hydrogens is 687 g/mol. The largest absolute Gasteiger partial charge is 0.456 e. The van der Waals surface area contributed by atoms with Crippen molar-refractivity contribution in [1.82, 2.24) is 9.55 Å². The lowest BCUT2D eigenvalue weighted by Gasteiger charge is -2.25. The van der Waals surface area contributed by atoms with Crippen LogP contribution in [0.15, 0.2) is 197 Å². The third kappa shape index (κ3) is 4.58. The van der Waals surface area contributed by atoms with E-state index in [0.717, 1.165) is 77.4 Å². The molecule has 0 aliphatic heterocycles. The van der Waals surface area contributed by atoms with E-state index in [9.17, 15) is 0 Å². The fourth-order valence-corrected chi connectivity index (χ4v) is 8.67. The van der Waals surface area contributed by atoms with Gasteiger partial charge in [-0.15, -0.1) is 0 Å². The van der Waals surface area contributed by atoms with Crippen LogP contribution in [0.3, 0.4) is 0 Å². The lowest BCUT2D eigenvalue weighted by molar-refractivity contribution is 0.621. The van der Waals surface area contributed by atoms with Gasteiger partial charge in [-0.25, -0.2) is 4.98 Å². The van der Waals surface area contributed by atoms with E-state index in [0.29, 0.717) is 11.5 Å². The van der Waals surface area contributed by atoms with Crippen LogP contribution < -0.4 is 4.90 Å².